The second kappa shape index (κ2) is 7.85. The smallest absolute Gasteiger partial charge is 0.226 e. The van der Waals surface area contributed by atoms with E-state index in [0.717, 1.165) is 82.4 Å². The number of aromatic nitrogens is 2. The van der Waals surface area contributed by atoms with Gasteiger partial charge in [-0.3, -0.25) is 4.79 Å². The largest absolute Gasteiger partial charge is 0.376 e. The van der Waals surface area contributed by atoms with Crippen molar-refractivity contribution in [3.63, 3.8) is 0 Å². The Morgan fingerprint density at radius 3 is 2.71 bits per heavy atom. The molecule has 4 rings (SSSR count). The number of rotatable bonds is 4. The van der Waals surface area contributed by atoms with Crippen LogP contribution in [0.25, 0.3) is 0 Å². The summed E-state index contributed by atoms with van der Waals surface area (Å²) in [6.07, 6.45) is 6.39. The number of anilines is 2. The maximum absolute atomic E-state index is 12.5. The standard InChI is InChI=1S/C21H33N5O2/c1-16-13-18(23-20(22-16)24(2)3)25-10-8-21(9-11-25)7-6-19(27)26(15-21)14-17-5-4-12-28-17/h13,17H,4-12,14-15H2,1-3H3/t17-/m0/s1. The molecule has 7 nitrogen and oxygen atoms in total. The van der Waals surface area contributed by atoms with Gasteiger partial charge in [-0.05, 0) is 44.4 Å². The molecule has 3 aliphatic heterocycles. The lowest BCUT2D eigenvalue weighted by Gasteiger charge is -2.48. The Bertz CT molecular complexity index is 709. The normalized spacial score (nSPS) is 24.8. The van der Waals surface area contributed by atoms with Crippen molar-refractivity contribution in [2.24, 2.45) is 5.41 Å². The molecule has 3 saturated heterocycles. The Balaban J connectivity index is 1.41. The van der Waals surface area contributed by atoms with Gasteiger partial charge in [0, 0.05) is 65.1 Å². The average Bonchev–Trinajstić information content (AvgIpc) is 3.18. The molecule has 3 aliphatic rings. The number of ether oxygens (including phenoxy) is 1. The number of aryl methyl sites for hydroxylation is 1. The molecule has 3 fully saturated rings. The summed E-state index contributed by atoms with van der Waals surface area (Å²) in [5.41, 5.74) is 1.26. The SMILES string of the molecule is Cc1cc(N2CCC3(CCC(=O)N(C[C@@H]4CCCO4)C3)CC2)nc(N(C)C)n1. The fraction of sp³-hybridized carbons (Fsp3) is 0.762. The van der Waals surface area contributed by atoms with Gasteiger partial charge in [0.15, 0.2) is 0 Å². The number of nitrogens with zero attached hydrogens (tertiary/aromatic N) is 5. The van der Waals surface area contributed by atoms with Gasteiger partial charge in [0.1, 0.15) is 5.82 Å². The van der Waals surface area contributed by atoms with Gasteiger partial charge in [-0.2, -0.15) is 4.98 Å². The lowest BCUT2D eigenvalue weighted by atomic mass is 9.72. The van der Waals surface area contributed by atoms with E-state index in [1.54, 1.807) is 0 Å². The third kappa shape index (κ3) is 4.09. The third-order valence-corrected chi connectivity index (χ3v) is 6.57. The molecular weight excluding hydrogens is 354 g/mol. The highest BCUT2D eigenvalue weighted by atomic mass is 16.5. The Hall–Kier alpha value is -1.89. The van der Waals surface area contributed by atoms with Crippen LogP contribution in [-0.4, -0.2) is 73.8 Å². The zero-order chi connectivity index (χ0) is 19.7. The Morgan fingerprint density at radius 1 is 1.25 bits per heavy atom. The van der Waals surface area contributed by atoms with Crippen LogP contribution in [0.4, 0.5) is 11.8 Å². The van der Waals surface area contributed by atoms with E-state index < -0.39 is 0 Å². The van der Waals surface area contributed by atoms with E-state index in [1.807, 2.05) is 25.9 Å². The first-order valence-electron chi connectivity index (χ1n) is 10.6. The Kier molecular flexibility index (Phi) is 5.45. The van der Waals surface area contributed by atoms with Crippen LogP contribution >= 0.6 is 0 Å². The van der Waals surface area contributed by atoms with E-state index in [-0.39, 0.29) is 11.5 Å². The molecule has 0 aromatic carbocycles. The van der Waals surface area contributed by atoms with E-state index in [9.17, 15) is 4.79 Å². The summed E-state index contributed by atoms with van der Waals surface area (Å²) in [7, 11) is 3.96. The van der Waals surface area contributed by atoms with Gasteiger partial charge >= 0.3 is 0 Å². The zero-order valence-electron chi connectivity index (χ0n) is 17.5. The molecular formula is C21H33N5O2. The molecule has 0 unspecified atom stereocenters. The van der Waals surface area contributed by atoms with Crippen molar-refractivity contribution in [1.29, 1.82) is 0 Å². The lowest BCUT2D eigenvalue weighted by Crippen LogP contribution is -2.53. The van der Waals surface area contributed by atoms with Crippen LogP contribution in [0.2, 0.25) is 0 Å². The summed E-state index contributed by atoms with van der Waals surface area (Å²) in [6, 6.07) is 2.08. The Labute approximate surface area is 168 Å². The highest BCUT2D eigenvalue weighted by Gasteiger charge is 2.42. The van der Waals surface area contributed by atoms with Crippen molar-refractivity contribution in [2.75, 3.05) is 56.7 Å². The van der Waals surface area contributed by atoms with Crippen LogP contribution in [-0.2, 0) is 9.53 Å². The number of hydrogen-bond donors (Lipinski definition) is 0. The van der Waals surface area contributed by atoms with Crippen molar-refractivity contribution < 1.29 is 9.53 Å². The first kappa shape index (κ1) is 19.4. The minimum Gasteiger partial charge on any atom is -0.376 e. The molecule has 1 spiro atoms. The summed E-state index contributed by atoms with van der Waals surface area (Å²) in [6.45, 7) is 6.53. The van der Waals surface area contributed by atoms with Crippen molar-refractivity contribution in [3.8, 4) is 0 Å². The number of carbonyl (C=O) groups is 1. The first-order chi connectivity index (χ1) is 13.4. The van der Waals surface area contributed by atoms with Crippen molar-refractivity contribution in [2.45, 2.75) is 51.6 Å². The Morgan fingerprint density at radius 2 is 2.04 bits per heavy atom. The van der Waals surface area contributed by atoms with E-state index in [4.69, 9.17) is 9.72 Å². The molecule has 7 heteroatoms. The summed E-state index contributed by atoms with van der Waals surface area (Å²) >= 11 is 0. The van der Waals surface area contributed by atoms with E-state index in [0.29, 0.717) is 12.3 Å². The van der Waals surface area contributed by atoms with Crippen LogP contribution in [0.3, 0.4) is 0 Å². The van der Waals surface area contributed by atoms with Crippen LogP contribution in [0.15, 0.2) is 6.07 Å². The molecule has 1 aromatic rings. The quantitative estimate of drug-likeness (QED) is 0.790. The molecule has 154 valence electrons. The van der Waals surface area contributed by atoms with Gasteiger partial charge in [-0.15, -0.1) is 0 Å². The molecule has 4 heterocycles. The molecule has 0 N–H and O–H groups in total. The van der Waals surface area contributed by atoms with E-state index in [2.05, 4.69) is 20.9 Å². The van der Waals surface area contributed by atoms with Gasteiger partial charge in [0.25, 0.3) is 0 Å². The summed E-state index contributed by atoms with van der Waals surface area (Å²) in [5.74, 6) is 2.10. The van der Waals surface area contributed by atoms with Crippen LogP contribution in [0, 0.1) is 12.3 Å². The maximum atomic E-state index is 12.5. The molecule has 1 atom stereocenters. The molecule has 0 saturated carbocycles. The lowest BCUT2D eigenvalue weighted by molar-refractivity contribution is -0.140. The zero-order valence-corrected chi connectivity index (χ0v) is 17.5. The summed E-state index contributed by atoms with van der Waals surface area (Å²) in [4.78, 5) is 28.2. The molecule has 0 bridgehead atoms. The van der Waals surface area contributed by atoms with Crippen molar-refractivity contribution in [3.05, 3.63) is 11.8 Å². The highest BCUT2D eigenvalue weighted by Crippen LogP contribution is 2.41. The summed E-state index contributed by atoms with van der Waals surface area (Å²) < 4.78 is 5.78. The predicted molar refractivity (Wildman–Crippen MR) is 110 cm³/mol. The number of likely N-dealkylation sites (tertiary alicyclic amines) is 1. The van der Waals surface area contributed by atoms with Gasteiger partial charge in [0.2, 0.25) is 11.9 Å². The second-order valence-electron chi connectivity index (χ2n) is 8.96. The summed E-state index contributed by atoms with van der Waals surface area (Å²) in [5, 5.41) is 0. The predicted octanol–water partition coefficient (Wildman–Crippen LogP) is 2.24. The first-order valence-corrected chi connectivity index (χ1v) is 10.6. The van der Waals surface area contributed by atoms with Crippen molar-refractivity contribution >= 4 is 17.7 Å². The molecule has 0 radical (unpaired) electrons. The fourth-order valence-corrected chi connectivity index (χ4v) is 4.82. The van der Waals surface area contributed by atoms with Gasteiger partial charge in [-0.1, -0.05) is 0 Å². The van der Waals surface area contributed by atoms with Gasteiger partial charge in [0.05, 0.1) is 6.10 Å². The average molecular weight is 388 g/mol. The van der Waals surface area contributed by atoms with Gasteiger partial charge < -0.3 is 19.4 Å². The van der Waals surface area contributed by atoms with Crippen LogP contribution in [0.5, 0.6) is 0 Å². The molecule has 28 heavy (non-hydrogen) atoms. The number of hydrogen-bond acceptors (Lipinski definition) is 6. The number of carbonyl (C=O) groups excluding carboxylic acids is 1. The minimum atomic E-state index is 0.243. The molecule has 1 aromatic heterocycles. The maximum Gasteiger partial charge on any atom is 0.226 e. The van der Waals surface area contributed by atoms with Crippen LogP contribution in [0.1, 0.15) is 44.2 Å². The third-order valence-electron chi connectivity index (χ3n) is 6.57. The topological polar surface area (TPSA) is 61.8 Å². The van der Waals surface area contributed by atoms with Gasteiger partial charge in [-0.25, -0.2) is 4.98 Å². The fourth-order valence-electron chi connectivity index (χ4n) is 4.82. The molecule has 1 amide bonds. The van der Waals surface area contributed by atoms with E-state index >= 15 is 0 Å². The highest BCUT2D eigenvalue weighted by molar-refractivity contribution is 5.77. The number of piperidine rings is 2. The van der Waals surface area contributed by atoms with Crippen LogP contribution < -0.4 is 9.80 Å². The minimum absolute atomic E-state index is 0.243. The molecule has 0 aliphatic carbocycles. The monoisotopic (exact) mass is 387 g/mol. The van der Waals surface area contributed by atoms with Crippen molar-refractivity contribution in [1.82, 2.24) is 14.9 Å². The number of amides is 1. The second-order valence-corrected chi connectivity index (χ2v) is 8.96. The van der Waals surface area contributed by atoms with E-state index in [1.165, 1.54) is 0 Å².